The Labute approximate surface area is 86.2 Å². The first-order valence-corrected chi connectivity index (χ1v) is 5.31. The van der Waals surface area contributed by atoms with Crippen LogP contribution >= 0.6 is 0 Å². The molecule has 0 spiro atoms. The van der Waals surface area contributed by atoms with Gasteiger partial charge in [-0.1, -0.05) is 0 Å². The largest absolute Gasteiger partial charge is 0.314 e. The van der Waals surface area contributed by atoms with Crippen molar-refractivity contribution < 1.29 is 4.79 Å². The van der Waals surface area contributed by atoms with E-state index < -0.39 is 0 Å². The maximum absolute atomic E-state index is 11.5. The molecule has 0 aliphatic carbocycles. The third-order valence-electron chi connectivity index (χ3n) is 2.55. The molecule has 0 aromatic carbocycles. The second-order valence-electron chi connectivity index (χ2n) is 4.17. The van der Waals surface area contributed by atoms with Crippen LogP contribution in [0.5, 0.6) is 0 Å². The summed E-state index contributed by atoms with van der Waals surface area (Å²) < 4.78 is 0. The van der Waals surface area contributed by atoms with Crippen LogP contribution in [0.3, 0.4) is 0 Å². The number of amides is 1. The van der Waals surface area contributed by atoms with Gasteiger partial charge in [-0.3, -0.25) is 9.80 Å². The minimum Gasteiger partial charge on any atom is -0.314 e. The molecule has 1 rings (SSSR count). The Balaban J connectivity index is 2.70. The summed E-state index contributed by atoms with van der Waals surface area (Å²) in [6.07, 6.45) is 0. The fourth-order valence-corrected chi connectivity index (χ4v) is 1.99. The van der Waals surface area contributed by atoms with Gasteiger partial charge in [-0.2, -0.15) is 0 Å². The first-order valence-electron chi connectivity index (χ1n) is 5.31. The molecular formula is C10H21N3O. The van der Waals surface area contributed by atoms with Crippen molar-refractivity contribution in [1.82, 2.24) is 15.3 Å². The number of carbonyl (C=O) groups excluding carboxylic acids is 1. The second-order valence-corrected chi connectivity index (χ2v) is 4.17. The standard InChI is InChI=1S/C10H21N3O/c1-8(2)13(10(4)14)12-6-5-11-7-9(12)3/h8-9,11H,5-7H2,1-4H3. The van der Waals surface area contributed by atoms with Gasteiger partial charge in [-0.25, -0.2) is 5.01 Å². The molecule has 1 aliphatic heterocycles. The Hall–Kier alpha value is -0.610. The normalized spacial score (nSPS) is 23.9. The van der Waals surface area contributed by atoms with Crippen molar-refractivity contribution in [3.05, 3.63) is 0 Å². The minimum absolute atomic E-state index is 0.133. The van der Waals surface area contributed by atoms with E-state index in [1.807, 2.05) is 5.01 Å². The van der Waals surface area contributed by atoms with Gasteiger partial charge in [0, 0.05) is 38.6 Å². The summed E-state index contributed by atoms with van der Waals surface area (Å²) in [5.74, 6) is 0.133. The fraction of sp³-hybridized carbons (Fsp3) is 0.900. The van der Waals surface area contributed by atoms with E-state index in [1.54, 1.807) is 6.92 Å². The molecule has 0 aromatic heterocycles. The van der Waals surface area contributed by atoms with Crippen molar-refractivity contribution >= 4 is 5.91 Å². The summed E-state index contributed by atoms with van der Waals surface area (Å²) in [4.78, 5) is 11.5. The molecular weight excluding hydrogens is 178 g/mol. The Morgan fingerprint density at radius 2 is 2.21 bits per heavy atom. The molecule has 1 fully saturated rings. The van der Waals surface area contributed by atoms with Crippen molar-refractivity contribution in [3.63, 3.8) is 0 Å². The van der Waals surface area contributed by atoms with Gasteiger partial charge in [0.25, 0.3) is 0 Å². The summed E-state index contributed by atoms with van der Waals surface area (Å²) in [6, 6.07) is 0.642. The van der Waals surface area contributed by atoms with E-state index in [4.69, 9.17) is 0 Å². The third kappa shape index (κ3) is 2.45. The zero-order valence-corrected chi connectivity index (χ0v) is 9.58. The number of piperazine rings is 1. The lowest BCUT2D eigenvalue weighted by Crippen LogP contribution is -2.60. The molecule has 0 radical (unpaired) electrons. The van der Waals surface area contributed by atoms with Gasteiger partial charge in [0.15, 0.2) is 0 Å². The SMILES string of the molecule is CC(=O)N(C(C)C)N1CCNCC1C. The van der Waals surface area contributed by atoms with E-state index in [0.29, 0.717) is 6.04 Å². The Morgan fingerprint density at radius 3 is 2.64 bits per heavy atom. The molecule has 0 aromatic rings. The van der Waals surface area contributed by atoms with Gasteiger partial charge in [0.05, 0.1) is 0 Å². The number of carbonyl (C=O) groups is 1. The predicted octanol–water partition coefficient (Wildman–Crippen LogP) is 0.452. The highest BCUT2D eigenvalue weighted by atomic mass is 16.2. The maximum atomic E-state index is 11.5. The molecule has 0 saturated carbocycles. The van der Waals surface area contributed by atoms with Gasteiger partial charge in [-0.05, 0) is 20.8 Å². The first-order chi connectivity index (χ1) is 6.54. The van der Waals surface area contributed by atoms with E-state index in [2.05, 4.69) is 31.1 Å². The molecule has 1 unspecified atom stereocenters. The van der Waals surface area contributed by atoms with E-state index in [1.165, 1.54) is 0 Å². The van der Waals surface area contributed by atoms with Gasteiger partial charge in [0.1, 0.15) is 0 Å². The van der Waals surface area contributed by atoms with Crippen molar-refractivity contribution in [1.29, 1.82) is 0 Å². The maximum Gasteiger partial charge on any atom is 0.233 e. The van der Waals surface area contributed by atoms with Gasteiger partial charge in [-0.15, -0.1) is 0 Å². The molecule has 1 N–H and O–H groups in total. The Morgan fingerprint density at radius 1 is 1.57 bits per heavy atom. The van der Waals surface area contributed by atoms with Crippen LogP contribution in [0.2, 0.25) is 0 Å². The van der Waals surface area contributed by atoms with Crippen LogP contribution in [0.15, 0.2) is 0 Å². The smallest absolute Gasteiger partial charge is 0.233 e. The Bertz CT molecular complexity index is 206. The number of nitrogens with zero attached hydrogens (tertiary/aromatic N) is 2. The summed E-state index contributed by atoms with van der Waals surface area (Å²) in [5.41, 5.74) is 0. The number of hydrazine groups is 1. The highest BCUT2D eigenvalue weighted by molar-refractivity contribution is 5.73. The lowest BCUT2D eigenvalue weighted by Gasteiger charge is -2.43. The zero-order valence-electron chi connectivity index (χ0n) is 9.58. The lowest BCUT2D eigenvalue weighted by atomic mass is 10.2. The van der Waals surface area contributed by atoms with Crippen molar-refractivity contribution in [3.8, 4) is 0 Å². The molecule has 0 bridgehead atoms. The number of rotatable bonds is 2. The van der Waals surface area contributed by atoms with E-state index >= 15 is 0 Å². The number of nitrogens with one attached hydrogen (secondary N) is 1. The second kappa shape index (κ2) is 4.75. The predicted molar refractivity (Wildman–Crippen MR) is 56.7 cm³/mol. The zero-order chi connectivity index (χ0) is 10.7. The Kier molecular flexibility index (Phi) is 3.89. The molecule has 1 amide bonds. The molecule has 1 saturated heterocycles. The molecule has 4 nitrogen and oxygen atoms in total. The topological polar surface area (TPSA) is 35.6 Å². The van der Waals surface area contributed by atoms with E-state index in [9.17, 15) is 4.79 Å². The van der Waals surface area contributed by atoms with Crippen LogP contribution in [-0.4, -0.2) is 47.6 Å². The van der Waals surface area contributed by atoms with Crippen LogP contribution in [-0.2, 0) is 4.79 Å². The first kappa shape index (κ1) is 11.5. The summed E-state index contributed by atoms with van der Waals surface area (Å²) >= 11 is 0. The number of hydrogen-bond donors (Lipinski definition) is 1. The number of hydrogen-bond acceptors (Lipinski definition) is 3. The summed E-state index contributed by atoms with van der Waals surface area (Å²) in [6.45, 7) is 10.7. The van der Waals surface area contributed by atoms with E-state index in [0.717, 1.165) is 19.6 Å². The lowest BCUT2D eigenvalue weighted by molar-refractivity contribution is -0.158. The highest BCUT2D eigenvalue weighted by Crippen LogP contribution is 2.11. The fourth-order valence-electron chi connectivity index (χ4n) is 1.99. The molecule has 1 atom stereocenters. The van der Waals surface area contributed by atoms with Crippen molar-refractivity contribution in [2.24, 2.45) is 0 Å². The molecule has 1 aliphatic rings. The van der Waals surface area contributed by atoms with Gasteiger partial charge in [0.2, 0.25) is 5.91 Å². The summed E-state index contributed by atoms with van der Waals surface area (Å²) in [7, 11) is 0. The molecule has 4 heteroatoms. The highest BCUT2D eigenvalue weighted by Gasteiger charge is 2.27. The van der Waals surface area contributed by atoms with Crippen molar-refractivity contribution in [2.75, 3.05) is 19.6 Å². The van der Waals surface area contributed by atoms with Crippen LogP contribution in [0.1, 0.15) is 27.7 Å². The molecule has 82 valence electrons. The third-order valence-corrected chi connectivity index (χ3v) is 2.55. The van der Waals surface area contributed by atoms with Crippen molar-refractivity contribution in [2.45, 2.75) is 39.8 Å². The quantitative estimate of drug-likeness (QED) is 0.701. The monoisotopic (exact) mass is 199 g/mol. The minimum atomic E-state index is 0.133. The van der Waals surface area contributed by atoms with Crippen LogP contribution in [0.4, 0.5) is 0 Å². The van der Waals surface area contributed by atoms with E-state index in [-0.39, 0.29) is 11.9 Å². The van der Waals surface area contributed by atoms with Crippen LogP contribution in [0.25, 0.3) is 0 Å². The van der Waals surface area contributed by atoms with Crippen LogP contribution in [0, 0.1) is 0 Å². The van der Waals surface area contributed by atoms with Crippen LogP contribution < -0.4 is 5.32 Å². The molecule has 1 heterocycles. The average Bonchev–Trinajstić information content (AvgIpc) is 2.07. The van der Waals surface area contributed by atoms with Gasteiger partial charge >= 0.3 is 0 Å². The summed E-state index contributed by atoms with van der Waals surface area (Å²) in [5, 5.41) is 7.35. The van der Waals surface area contributed by atoms with Gasteiger partial charge < -0.3 is 5.32 Å². The molecule has 14 heavy (non-hydrogen) atoms. The average molecular weight is 199 g/mol.